The molecule has 2 amide bonds. The van der Waals surface area contributed by atoms with Crippen molar-refractivity contribution in [2.75, 3.05) is 54.8 Å². The molecule has 0 unspecified atom stereocenters. The van der Waals surface area contributed by atoms with Crippen LogP contribution in [-0.2, 0) is 9.59 Å². The summed E-state index contributed by atoms with van der Waals surface area (Å²) >= 11 is 0. The van der Waals surface area contributed by atoms with Crippen LogP contribution in [0.3, 0.4) is 0 Å². The van der Waals surface area contributed by atoms with Gasteiger partial charge in [-0.25, -0.2) is 9.97 Å². The number of rotatable bonds is 7. The van der Waals surface area contributed by atoms with Crippen LogP contribution in [-0.4, -0.2) is 78.0 Å². The number of hydrogen-bond donors (Lipinski definition) is 4. The van der Waals surface area contributed by atoms with E-state index in [0.29, 0.717) is 5.95 Å². The van der Waals surface area contributed by atoms with Crippen LogP contribution in [0.1, 0.15) is 25.7 Å². The summed E-state index contributed by atoms with van der Waals surface area (Å²) in [5.74, 6) is 0.778. The van der Waals surface area contributed by atoms with Crippen LogP contribution in [0, 0.1) is 0 Å². The Kier molecular flexibility index (Phi) is 7.87. The number of nitrogens with zero attached hydrogens (tertiary/aromatic N) is 4. The summed E-state index contributed by atoms with van der Waals surface area (Å²) in [5.41, 5.74) is 4.56. The van der Waals surface area contributed by atoms with Crippen LogP contribution >= 0.6 is 0 Å². The Hall–Kier alpha value is -4.02. The van der Waals surface area contributed by atoms with Crippen molar-refractivity contribution in [3.63, 3.8) is 0 Å². The fourth-order valence-electron chi connectivity index (χ4n) is 5.63. The van der Waals surface area contributed by atoms with E-state index in [2.05, 4.69) is 48.3 Å². The minimum Gasteiger partial charge on any atom is -0.368 e. The predicted octanol–water partition coefficient (Wildman–Crippen LogP) is 2.98. The number of piperazine rings is 1. The highest BCUT2D eigenvalue weighted by molar-refractivity contribution is 5.95. The average molecular weight is 541 g/mol. The molecule has 2 atom stereocenters. The molecule has 10 nitrogen and oxygen atoms in total. The molecule has 3 aromatic rings. The summed E-state index contributed by atoms with van der Waals surface area (Å²) in [6.45, 7) is 5.00. The Bertz CT molecular complexity index is 1310. The fraction of sp³-hybridized carbons (Fsp3) is 0.400. The van der Waals surface area contributed by atoms with Crippen LogP contribution in [0.25, 0.3) is 11.3 Å². The van der Waals surface area contributed by atoms with Crippen LogP contribution in [0.5, 0.6) is 0 Å². The van der Waals surface area contributed by atoms with Gasteiger partial charge in [0.15, 0.2) is 0 Å². The molecule has 40 heavy (non-hydrogen) atoms. The number of aromatic nitrogens is 2. The van der Waals surface area contributed by atoms with Crippen LogP contribution in [0.15, 0.2) is 60.8 Å². The third-order valence-corrected chi connectivity index (χ3v) is 7.92. The van der Waals surface area contributed by atoms with Crippen molar-refractivity contribution in [1.82, 2.24) is 25.5 Å². The average Bonchev–Trinajstić information content (AvgIpc) is 3.74. The highest BCUT2D eigenvalue weighted by Crippen LogP contribution is 2.24. The Morgan fingerprint density at radius 3 is 2.15 bits per heavy atom. The zero-order valence-corrected chi connectivity index (χ0v) is 22.6. The molecule has 3 aliphatic rings. The van der Waals surface area contributed by atoms with Gasteiger partial charge in [0.2, 0.25) is 17.8 Å². The Labute approximate surface area is 234 Å². The van der Waals surface area contributed by atoms with Gasteiger partial charge in [-0.3, -0.25) is 9.59 Å². The second kappa shape index (κ2) is 12.0. The topological polar surface area (TPSA) is 115 Å². The summed E-state index contributed by atoms with van der Waals surface area (Å²) in [6.07, 6.45) is 5.68. The Morgan fingerprint density at radius 2 is 1.48 bits per heavy atom. The first-order valence-corrected chi connectivity index (χ1v) is 14.2. The lowest BCUT2D eigenvalue weighted by Gasteiger charge is -2.37. The van der Waals surface area contributed by atoms with E-state index in [9.17, 15) is 9.59 Å². The van der Waals surface area contributed by atoms with Gasteiger partial charge in [-0.05, 0) is 81.2 Å². The second-order valence-electron chi connectivity index (χ2n) is 10.6. The number of carbonyl (C=O) groups excluding carboxylic acids is 2. The molecule has 0 spiro atoms. The third-order valence-electron chi connectivity index (χ3n) is 7.92. The minimum absolute atomic E-state index is 0.00343. The Balaban J connectivity index is 1.03. The predicted molar refractivity (Wildman–Crippen MR) is 157 cm³/mol. The molecular formula is C30H36N8O2. The largest absolute Gasteiger partial charge is 0.368 e. The Morgan fingerprint density at radius 1 is 0.800 bits per heavy atom. The zero-order valence-electron chi connectivity index (χ0n) is 22.6. The normalized spacial score (nSPS) is 20.9. The molecular weight excluding hydrogens is 504 g/mol. The van der Waals surface area contributed by atoms with Gasteiger partial charge in [0.1, 0.15) is 0 Å². The van der Waals surface area contributed by atoms with E-state index in [1.165, 1.54) is 0 Å². The fourth-order valence-corrected chi connectivity index (χ4v) is 5.63. The molecule has 0 aliphatic carbocycles. The van der Waals surface area contributed by atoms with Crippen LogP contribution in [0.4, 0.5) is 23.0 Å². The molecule has 208 valence electrons. The van der Waals surface area contributed by atoms with E-state index in [-0.39, 0.29) is 23.9 Å². The highest BCUT2D eigenvalue weighted by Gasteiger charge is 2.29. The standard InChI is InChI=1S/C30H36N8O2/c39-28(26-3-1-14-31-26)34-22-7-5-21(6-8-22)25-13-16-33-30(36-25)35-23-9-11-24(12-10-23)37-17-19-38(20-18-37)29(40)27-4-2-15-32-27/h5-13,16,26-27,31-32H,1-4,14-15,17-20H2,(H,34,39)(H,33,35,36)/t26-,27+/m0/s1. The van der Waals surface area contributed by atoms with Crippen LogP contribution < -0.4 is 26.2 Å². The van der Waals surface area contributed by atoms with E-state index in [1.54, 1.807) is 6.20 Å². The molecule has 3 fully saturated rings. The maximum absolute atomic E-state index is 12.7. The van der Waals surface area contributed by atoms with Gasteiger partial charge >= 0.3 is 0 Å². The van der Waals surface area contributed by atoms with Crippen LogP contribution in [0.2, 0.25) is 0 Å². The lowest BCUT2D eigenvalue weighted by Crippen LogP contribution is -2.53. The summed E-state index contributed by atoms with van der Waals surface area (Å²) in [6, 6.07) is 17.7. The van der Waals surface area contributed by atoms with E-state index in [4.69, 9.17) is 0 Å². The molecule has 6 rings (SSSR count). The van der Waals surface area contributed by atoms with Crippen molar-refractivity contribution < 1.29 is 9.59 Å². The lowest BCUT2D eigenvalue weighted by molar-refractivity contribution is -0.133. The molecule has 1 aromatic heterocycles. The van der Waals surface area contributed by atoms with Crippen molar-refractivity contribution >= 4 is 34.8 Å². The molecule has 3 aliphatic heterocycles. The van der Waals surface area contributed by atoms with E-state index >= 15 is 0 Å². The van der Waals surface area contributed by atoms with E-state index in [0.717, 1.165) is 93.3 Å². The molecule has 3 saturated heterocycles. The van der Waals surface area contributed by atoms with Crippen molar-refractivity contribution in [2.45, 2.75) is 37.8 Å². The second-order valence-corrected chi connectivity index (χ2v) is 10.6. The maximum atomic E-state index is 12.7. The van der Waals surface area contributed by atoms with Crippen molar-refractivity contribution in [1.29, 1.82) is 0 Å². The van der Waals surface area contributed by atoms with Gasteiger partial charge in [0.25, 0.3) is 0 Å². The maximum Gasteiger partial charge on any atom is 0.241 e. The monoisotopic (exact) mass is 540 g/mol. The number of amides is 2. The van der Waals surface area contributed by atoms with E-state index in [1.807, 2.05) is 47.4 Å². The van der Waals surface area contributed by atoms with E-state index < -0.39 is 0 Å². The summed E-state index contributed by atoms with van der Waals surface area (Å²) < 4.78 is 0. The molecule has 2 aromatic carbocycles. The molecule has 10 heteroatoms. The summed E-state index contributed by atoms with van der Waals surface area (Å²) in [7, 11) is 0. The van der Waals surface area contributed by atoms with Crippen molar-refractivity contribution in [3.8, 4) is 11.3 Å². The number of carbonyl (C=O) groups is 2. The first kappa shape index (κ1) is 26.2. The highest BCUT2D eigenvalue weighted by atomic mass is 16.2. The molecule has 0 bridgehead atoms. The zero-order chi connectivity index (χ0) is 27.3. The SMILES string of the molecule is O=C(Nc1ccc(-c2ccnc(Nc3ccc(N4CCN(C(=O)[C@H]5CCCN5)CC4)cc3)n2)cc1)[C@@H]1CCCN1. The number of hydrogen-bond acceptors (Lipinski definition) is 8. The van der Waals surface area contributed by atoms with Gasteiger partial charge in [0, 0.05) is 55.0 Å². The number of anilines is 4. The number of benzene rings is 2. The van der Waals surface area contributed by atoms with Gasteiger partial charge in [0.05, 0.1) is 17.8 Å². The molecule has 4 N–H and O–H groups in total. The molecule has 4 heterocycles. The smallest absolute Gasteiger partial charge is 0.241 e. The third kappa shape index (κ3) is 6.08. The van der Waals surface area contributed by atoms with Gasteiger partial charge in [-0.2, -0.15) is 0 Å². The molecule has 0 saturated carbocycles. The molecule has 0 radical (unpaired) electrons. The summed E-state index contributed by atoms with van der Waals surface area (Å²) in [4.78, 5) is 38.4. The quantitative estimate of drug-likeness (QED) is 0.362. The van der Waals surface area contributed by atoms with Gasteiger partial charge in [-0.15, -0.1) is 0 Å². The first-order valence-electron chi connectivity index (χ1n) is 14.2. The first-order chi connectivity index (χ1) is 19.6. The minimum atomic E-state index is -0.107. The lowest BCUT2D eigenvalue weighted by atomic mass is 10.1. The van der Waals surface area contributed by atoms with Gasteiger partial charge < -0.3 is 31.1 Å². The number of nitrogens with one attached hydrogen (secondary N) is 4. The van der Waals surface area contributed by atoms with Crippen molar-refractivity contribution in [2.24, 2.45) is 0 Å². The summed E-state index contributed by atoms with van der Waals surface area (Å²) in [5, 5.41) is 12.8. The van der Waals surface area contributed by atoms with Gasteiger partial charge in [-0.1, -0.05) is 12.1 Å². The van der Waals surface area contributed by atoms with Crippen molar-refractivity contribution in [3.05, 3.63) is 60.8 Å².